The van der Waals surface area contributed by atoms with Crippen molar-refractivity contribution in [3.63, 3.8) is 0 Å². The second-order valence-electron chi connectivity index (χ2n) is 9.87. The molecule has 0 atom stereocenters. The number of aromatic amines is 1. The molecule has 190 valence electrons. The number of nitrogens with one attached hydrogen (secondary N) is 1. The van der Waals surface area contributed by atoms with Crippen LogP contribution in [-0.4, -0.2) is 52.2 Å². The zero-order chi connectivity index (χ0) is 26.2. The minimum Gasteiger partial charge on any atom is -0.353 e. The van der Waals surface area contributed by atoms with E-state index in [1.807, 2.05) is 23.1 Å². The van der Waals surface area contributed by atoms with Gasteiger partial charge in [0.25, 0.3) is 11.5 Å². The second kappa shape index (κ2) is 9.71. The highest BCUT2D eigenvalue weighted by molar-refractivity contribution is 5.95. The molecule has 0 spiro atoms. The Bertz CT molecular complexity index is 1630. The largest absolute Gasteiger partial charge is 0.353 e. The summed E-state index contributed by atoms with van der Waals surface area (Å²) in [7, 11) is 0. The van der Waals surface area contributed by atoms with Crippen LogP contribution in [0.15, 0.2) is 59.5 Å². The van der Waals surface area contributed by atoms with E-state index in [4.69, 9.17) is 5.26 Å². The maximum atomic E-state index is 14.8. The number of fused-ring (bicyclic) bond motifs is 1. The van der Waals surface area contributed by atoms with Crippen molar-refractivity contribution in [2.75, 3.05) is 31.1 Å². The molecule has 2 fully saturated rings. The van der Waals surface area contributed by atoms with E-state index in [2.05, 4.69) is 21.3 Å². The third-order valence-electron chi connectivity index (χ3n) is 7.34. The molecule has 1 saturated carbocycles. The number of hydrogen-bond acceptors (Lipinski definition) is 6. The first-order chi connectivity index (χ1) is 18.5. The summed E-state index contributed by atoms with van der Waals surface area (Å²) in [6.45, 7) is 1.98. The molecule has 0 radical (unpaired) electrons. The first kappa shape index (κ1) is 23.8. The Balaban J connectivity index is 1.20. The lowest BCUT2D eigenvalue weighted by Crippen LogP contribution is -2.49. The highest BCUT2D eigenvalue weighted by Gasteiger charge is 2.26. The Labute approximate surface area is 218 Å². The second-order valence-corrected chi connectivity index (χ2v) is 9.87. The average Bonchev–Trinajstić information content (AvgIpc) is 3.81. The summed E-state index contributed by atoms with van der Waals surface area (Å²) in [5.74, 6) is 0.363. The zero-order valence-corrected chi connectivity index (χ0v) is 20.7. The van der Waals surface area contributed by atoms with Gasteiger partial charge in [0.1, 0.15) is 17.7 Å². The van der Waals surface area contributed by atoms with E-state index in [0.29, 0.717) is 55.2 Å². The van der Waals surface area contributed by atoms with Crippen LogP contribution in [0.2, 0.25) is 0 Å². The van der Waals surface area contributed by atoms with Crippen LogP contribution in [0.25, 0.3) is 10.8 Å². The van der Waals surface area contributed by atoms with Gasteiger partial charge in [-0.05, 0) is 66.3 Å². The van der Waals surface area contributed by atoms with Gasteiger partial charge in [-0.15, -0.1) is 0 Å². The lowest BCUT2D eigenvalue weighted by Gasteiger charge is -2.35. The highest BCUT2D eigenvalue weighted by atomic mass is 19.1. The number of nitriles is 1. The Morgan fingerprint density at radius 1 is 1.05 bits per heavy atom. The fourth-order valence-electron chi connectivity index (χ4n) is 5.03. The molecule has 1 N–H and O–H groups in total. The molecule has 8 nitrogen and oxygen atoms in total. The third kappa shape index (κ3) is 4.61. The van der Waals surface area contributed by atoms with Crippen LogP contribution in [0.3, 0.4) is 0 Å². The quantitative estimate of drug-likeness (QED) is 0.440. The molecule has 9 heteroatoms. The molecule has 1 aliphatic heterocycles. The summed E-state index contributed by atoms with van der Waals surface area (Å²) in [5, 5.41) is 17.2. The Morgan fingerprint density at radius 3 is 2.58 bits per heavy atom. The maximum Gasteiger partial charge on any atom is 0.272 e. The number of H-pyrrole nitrogens is 1. The first-order valence-electron chi connectivity index (χ1n) is 12.7. The number of nitrogens with zero attached hydrogens (tertiary/aromatic N) is 5. The molecule has 3 heterocycles. The molecule has 1 saturated heterocycles. The molecular weight excluding hydrogens is 483 g/mol. The van der Waals surface area contributed by atoms with E-state index in [1.165, 1.54) is 17.8 Å². The Hall–Kier alpha value is -4.58. The molecule has 1 amide bonds. The summed E-state index contributed by atoms with van der Waals surface area (Å²) in [6.07, 6.45) is 4.19. The van der Waals surface area contributed by atoms with Gasteiger partial charge >= 0.3 is 0 Å². The number of piperazine rings is 1. The topological polar surface area (TPSA) is 106 Å². The van der Waals surface area contributed by atoms with Crippen molar-refractivity contribution in [2.24, 2.45) is 0 Å². The van der Waals surface area contributed by atoms with Gasteiger partial charge in [0.2, 0.25) is 0 Å². The van der Waals surface area contributed by atoms with Crippen molar-refractivity contribution in [3.8, 4) is 6.07 Å². The highest BCUT2D eigenvalue weighted by Crippen LogP contribution is 2.41. The van der Waals surface area contributed by atoms with E-state index >= 15 is 0 Å². The van der Waals surface area contributed by atoms with Crippen LogP contribution in [0, 0.1) is 17.1 Å². The summed E-state index contributed by atoms with van der Waals surface area (Å²) >= 11 is 0. The van der Waals surface area contributed by atoms with Crippen LogP contribution >= 0.6 is 0 Å². The van der Waals surface area contributed by atoms with Gasteiger partial charge in [0.05, 0.1) is 22.2 Å². The van der Waals surface area contributed by atoms with Crippen LogP contribution in [0.4, 0.5) is 10.2 Å². The number of pyridine rings is 1. The molecule has 0 bridgehead atoms. The SMILES string of the molecule is N#Cc1ccc(N2CCN(C(=O)c3cc(Cc4n[nH]c(=O)c5ccc(C6CC6)cc45)ccc3F)CC2)nc1. The minimum absolute atomic E-state index is 0.0276. The Kier molecular flexibility index (Phi) is 6.08. The number of carbonyl (C=O) groups excluding carboxylic acids is 1. The fourth-order valence-corrected chi connectivity index (χ4v) is 5.03. The van der Waals surface area contributed by atoms with Crippen molar-refractivity contribution < 1.29 is 9.18 Å². The number of amides is 1. The summed E-state index contributed by atoms with van der Waals surface area (Å²) in [5.41, 5.74) is 2.92. The minimum atomic E-state index is -0.565. The third-order valence-corrected chi connectivity index (χ3v) is 7.34. The van der Waals surface area contributed by atoms with E-state index in [0.717, 1.165) is 29.6 Å². The molecule has 6 rings (SSSR count). The summed E-state index contributed by atoms with van der Waals surface area (Å²) in [6, 6.07) is 16.0. The molecule has 4 aromatic rings. The summed E-state index contributed by atoms with van der Waals surface area (Å²) < 4.78 is 14.8. The zero-order valence-electron chi connectivity index (χ0n) is 20.7. The molecule has 2 aromatic heterocycles. The van der Waals surface area contributed by atoms with Crippen molar-refractivity contribution in [1.29, 1.82) is 5.26 Å². The number of benzene rings is 2. The lowest BCUT2D eigenvalue weighted by molar-refractivity contribution is 0.0741. The smallest absolute Gasteiger partial charge is 0.272 e. The van der Waals surface area contributed by atoms with E-state index < -0.39 is 5.82 Å². The van der Waals surface area contributed by atoms with Crippen molar-refractivity contribution in [1.82, 2.24) is 20.1 Å². The van der Waals surface area contributed by atoms with Crippen molar-refractivity contribution in [2.45, 2.75) is 25.2 Å². The number of halogens is 1. The normalized spacial score (nSPS) is 15.5. The molecule has 1 aliphatic carbocycles. The van der Waals surface area contributed by atoms with Gasteiger partial charge in [-0.1, -0.05) is 12.1 Å². The van der Waals surface area contributed by atoms with Crippen molar-refractivity contribution in [3.05, 3.63) is 98.8 Å². The molecule has 0 unspecified atom stereocenters. The number of aromatic nitrogens is 3. The van der Waals surface area contributed by atoms with Gasteiger partial charge in [0, 0.05) is 44.2 Å². The van der Waals surface area contributed by atoms with E-state index in [9.17, 15) is 14.0 Å². The monoisotopic (exact) mass is 508 g/mol. The standard InChI is InChI=1S/C29H25FN6O2/c30-25-7-1-18(14-26-23-15-21(20-3-4-20)5-6-22(23)28(37)34-33-26)13-24(25)29(38)36-11-9-35(10-12-36)27-8-2-19(16-31)17-32-27/h1-2,5-8,13,15,17,20H,3-4,9-12,14H2,(H,34,37). The number of anilines is 1. The molecule has 38 heavy (non-hydrogen) atoms. The number of hydrogen-bond donors (Lipinski definition) is 1. The predicted octanol–water partition coefficient (Wildman–Crippen LogP) is 3.76. The molecule has 2 aromatic carbocycles. The van der Waals surface area contributed by atoms with Gasteiger partial charge < -0.3 is 9.80 Å². The van der Waals surface area contributed by atoms with Crippen molar-refractivity contribution >= 4 is 22.5 Å². The molecular formula is C29H25FN6O2. The average molecular weight is 509 g/mol. The Morgan fingerprint density at radius 2 is 1.87 bits per heavy atom. The van der Waals surface area contributed by atoms with Crippen LogP contribution in [0.1, 0.15) is 51.5 Å². The van der Waals surface area contributed by atoms with Gasteiger partial charge in [-0.25, -0.2) is 14.5 Å². The van der Waals surface area contributed by atoms with Gasteiger partial charge in [0.15, 0.2) is 0 Å². The first-order valence-corrected chi connectivity index (χ1v) is 12.7. The maximum absolute atomic E-state index is 14.8. The fraction of sp³-hybridized carbons (Fsp3) is 0.276. The predicted molar refractivity (Wildman–Crippen MR) is 141 cm³/mol. The van der Waals surface area contributed by atoms with E-state index in [-0.39, 0.29) is 17.0 Å². The van der Waals surface area contributed by atoms with Crippen LogP contribution < -0.4 is 10.5 Å². The van der Waals surface area contributed by atoms with Crippen LogP contribution in [0.5, 0.6) is 0 Å². The van der Waals surface area contributed by atoms with Gasteiger partial charge in [-0.2, -0.15) is 10.4 Å². The van der Waals surface area contributed by atoms with Gasteiger partial charge in [-0.3, -0.25) is 9.59 Å². The molecule has 2 aliphatic rings. The van der Waals surface area contributed by atoms with Crippen LogP contribution in [-0.2, 0) is 6.42 Å². The summed E-state index contributed by atoms with van der Waals surface area (Å²) in [4.78, 5) is 33.7. The number of rotatable bonds is 5. The lowest BCUT2D eigenvalue weighted by atomic mass is 9.99. The number of carbonyl (C=O) groups is 1. The van der Waals surface area contributed by atoms with E-state index in [1.54, 1.807) is 29.2 Å².